The SMILES string of the molecule is CC(C)Oc1c(N2CCC2)nc2ccc(C(O)(c3ccc(C(F)(F)F)nc3)c3ccnn3C)cc2c1Cl. The van der Waals surface area contributed by atoms with E-state index >= 15 is 0 Å². The molecule has 1 aliphatic heterocycles. The summed E-state index contributed by atoms with van der Waals surface area (Å²) < 4.78 is 47.0. The van der Waals surface area contributed by atoms with E-state index in [0.717, 1.165) is 31.8 Å². The molecule has 0 radical (unpaired) electrons. The van der Waals surface area contributed by atoms with Crippen LogP contribution in [0.25, 0.3) is 10.9 Å². The largest absolute Gasteiger partial charge is 0.486 e. The van der Waals surface area contributed by atoms with Crippen molar-refractivity contribution in [2.75, 3.05) is 18.0 Å². The molecule has 1 atom stereocenters. The predicted molar refractivity (Wildman–Crippen MR) is 134 cm³/mol. The number of hydrogen-bond acceptors (Lipinski definition) is 6. The van der Waals surface area contributed by atoms with Gasteiger partial charge in [-0.1, -0.05) is 23.7 Å². The van der Waals surface area contributed by atoms with Crippen LogP contribution in [-0.2, 0) is 18.8 Å². The zero-order chi connectivity index (χ0) is 26.5. The van der Waals surface area contributed by atoms with Crippen molar-refractivity contribution >= 4 is 28.3 Å². The Morgan fingerprint density at radius 2 is 1.81 bits per heavy atom. The number of anilines is 1. The first-order valence-corrected chi connectivity index (χ1v) is 12.2. The fourth-order valence-corrected chi connectivity index (χ4v) is 4.75. The summed E-state index contributed by atoms with van der Waals surface area (Å²) >= 11 is 6.88. The highest BCUT2D eigenvalue weighted by atomic mass is 35.5. The minimum Gasteiger partial charge on any atom is -0.486 e. The van der Waals surface area contributed by atoms with Gasteiger partial charge in [-0.3, -0.25) is 9.67 Å². The van der Waals surface area contributed by atoms with Crippen molar-refractivity contribution in [2.24, 2.45) is 7.05 Å². The molecular formula is C26H25ClF3N5O2. The van der Waals surface area contributed by atoms with Crippen molar-refractivity contribution in [1.29, 1.82) is 0 Å². The summed E-state index contributed by atoms with van der Waals surface area (Å²) in [6.45, 7) is 5.50. The van der Waals surface area contributed by atoms with E-state index in [2.05, 4.69) is 15.0 Å². The van der Waals surface area contributed by atoms with Gasteiger partial charge in [0.15, 0.2) is 17.2 Å². The van der Waals surface area contributed by atoms with Gasteiger partial charge in [0.2, 0.25) is 0 Å². The van der Waals surface area contributed by atoms with E-state index in [0.29, 0.717) is 38.8 Å². The Balaban J connectivity index is 1.71. The number of aromatic nitrogens is 4. The summed E-state index contributed by atoms with van der Waals surface area (Å²) in [5.41, 5.74) is -1.49. The molecule has 37 heavy (non-hydrogen) atoms. The van der Waals surface area contributed by atoms with Crippen LogP contribution < -0.4 is 9.64 Å². The summed E-state index contributed by atoms with van der Waals surface area (Å²) in [5.74, 6) is 1.13. The highest BCUT2D eigenvalue weighted by molar-refractivity contribution is 6.37. The van der Waals surface area contributed by atoms with E-state index in [9.17, 15) is 18.3 Å². The average molecular weight is 532 g/mol. The maximum Gasteiger partial charge on any atom is 0.433 e. The number of benzene rings is 1. The molecule has 7 nitrogen and oxygen atoms in total. The first kappa shape index (κ1) is 25.3. The number of halogens is 4. The second-order valence-electron chi connectivity index (χ2n) is 9.30. The van der Waals surface area contributed by atoms with E-state index in [1.165, 1.54) is 16.9 Å². The summed E-state index contributed by atoms with van der Waals surface area (Å²) in [5, 5.41) is 17.2. The number of pyridine rings is 2. The van der Waals surface area contributed by atoms with E-state index in [1.807, 2.05) is 13.8 Å². The van der Waals surface area contributed by atoms with E-state index < -0.39 is 17.5 Å². The molecule has 1 N–H and O–H groups in total. The van der Waals surface area contributed by atoms with Gasteiger partial charge in [0.25, 0.3) is 0 Å². The Morgan fingerprint density at radius 3 is 2.35 bits per heavy atom. The Bertz CT molecular complexity index is 1450. The van der Waals surface area contributed by atoms with Gasteiger partial charge in [-0.05, 0) is 50.1 Å². The summed E-state index contributed by atoms with van der Waals surface area (Å²) in [7, 11) is 1.64. The van der Waals surface area contributed by atoms with E-state index in [4.69, 9.17) is 21.3 Å². The molecule has 1 fully saturated rings. The van der Waals surface area contributed by atoms with Crippen LogP contribution in [0.15, 0.2) is 48.8 Å². The maximum absolute atomic E-state index is 13.2. The molecule has 0 saturated carbocycles. The lowest BCUT2D eigenvalue weighted by molar-refractivity contribution is -0.141. The lowest BCUT2D eigenvalue weighted by atomic mass is 9.83. The molecule has 11 heteroatoms. The third-order valence-corrected chi connectivity index (χ3v) is 6.83. The lowest BCUT2D eigenvalue weighted by Gasteiger charge is -2.34. The monoisotopic (exact) mass is 531 g/mol. The average Bonchev–Trinajstić information content (AvgIpc) is 3.25. The van der Waals surface area contributed by atoms with Crippen molar-refractivity contribution in [3.8, 4) is 5.75 Å². The predicted octanol–water partition coefficient (Wildman–Crippen LogP) is 5.32. The third-order valence-electron chi connectivity index (χ3n) is 6.45. The minimum atomic E-state index is -4.60. The van der Waals surface area contributed by atoms with Crippen molar-refractivity contribution in [3.63, 3.8) is 0 Å². The zero-order valence-corrected chi connectivity index (χ0v) is 21.2. The number of nitrogens with zero attached hydrogens (tertiary/aromatic N) is 5. The molecule has 1 unspecified atom stereocenters. The number of alkyl halides is 3. The van der Waals surface area contributed by atoms with Gasteiger partial charge >= 0.3 is 6.18 Å². The molecule has 4 aromatic rings. The summed E-state index contributed by atoms with van der Waals surface area (Å²) in [4.78, 5) is 10.5. The molecule has 0 aliphatic carbocycles. The van der Waals surface area contributed by atoms with E-state index in [-0.39, 0.29) is 11.7 Å². The fourth-order valence-electron chi connectivity index (χ4n) is 4.47. The number of aliphatic hydroxyl groups is 1. The van der Waals surface area contributed by atoms with Crippen molar-refractivity contribution in [2.45, 2.75) is 38.1 Å². The quantitative estimate of drug-likeness (QED) is 0.363. The smallest absolute Gasteiger partial charge is 0.433 e. The number of rotatable bonds is 6. The van der Waals surface area contributed by atoms with Gasteiger partial charge in [0, 0.05) is 43.5 Å². The van der Waals surface area contributed by atoms with Crippen molar-refractivity contribution in [1.82, 2.24) is 19.7 Å². The Kier molecular flexibility index (Phi) is 6.27. The molecule has 1 aliphatic rings. The molecule has 4 heterocycles. The topological polar surface area (TPSA) is 76.3 Å². The van der Waals surface area contributed by atoms with Crippen LogP contribution in [0.1, 0.15) is 42.8 Å². The van der Waals surface area contributed by atoms with Crippen LogP contribution in [0.5, 0.6) is 5.75 Å². The highest BCUT2D eigenvalue weighted by Crippen LogP contribution is 2.44. The van der Waals surface area contributed by atoms with Gasteiger partial charge < -0.3 is 14.7 Å². The van der Waals surface area contributed by atoms with Gasteiger partial charge in [0.05, 0.1) is 22.3 Å². The van der Waals surface area contributed by atoms with Gasteiger partial charge in [-0.2, -0.15) is 18.3 Å². The summed E-state index contributed by atoms with van der Waals surface area (Å²) in [6, 6.07) is 8.76. The molecular weight excluding hydrogens is 507 g/mol. The normalized spacial score (nSPS) is 15.6. The Morgan fingerprint density at radius 1 is 1.08 bits per heavy atom. The van der Waals surface area contributed by atoms with Crippen LogP contribution in [0.2, 0.25) is 5.02 Å². The third kappa shape index (κ3) is 4.38. The lowest BCUT2D eigenvalue weighted by Crippen LogP contribution is -2.38. The minimum absolute atomic E-state index is 0.142. The second kappa shape index (κ2) is 9.18. The number of hydrogen-bond donors (Lipinski definition) is 1. The Labute approximate surface area is 216 Å². The second-order valence-corrected chi connectivity index (χ2v) is 9.68. The van der Waals surface area contributed by atoms with Crippen LogP contribution in [0, 0.1) is 0 Å². The maximum atomic E-state index is 13.2. The first-order chi connectivity index (χ1) is 17.5. The van der Waals surface area contributed by atoms with Gasteiger partial charge in [-0.25, -0.2) is 4.98 Å². The van der Waals surface area contributed by atoms with Crippen molar-refractivity contribution < 1.29 is 23.0 Å². The molecule has 5 rings (SSSR count). The summed E-state index contributed by atoms with van der Waals surface area (Å²) in [6.07, 6.45) is -1.17. The van der Waals surface area contributed by atoms with E-state index in [1.54, 1.807) is 31.3 Å². The standard InChI is InChI=1S/C26H25ClF3N5O2/c1-15(2)37-23-22(27)18-13-16(5-7-19(18)33-24(23)35-11-4-12-35)25(36,21-9-10-32-34(21)3)17-6-8-20(31-14-17)26(28,29)30/h5-10,13-15,36H,4,11-12H2,1-3H3. The van der Waals surface area contributed by atoms with Crippen LogP contribution in [0.3, 0.4) is 0 Å². The highest BCUT2D eigenvalue weighted by Gasteiger charge is 2.39. The zero-order valence-electron chi connectivity index (χ0n) is 20.4. The fraction of sp³-hybridized carbons (Fsp3) is 0.346. The van der Waals surface area contributed by atoms with Gasteiger partial charge in [-0.15, -0.1) is 0 Å². The number of fused-ring (bicyclic) bond motifs is 1. The molecule has 0 bridgehead atoms. The molecule has 1 saturated heterocycles. The Hall–Kier alpha value is -3.37. The number of ether oxygens (including phenoxy) is 1. The number of aryl methyl sites for hydroxylation is 1. The molecule has 0 spiro atoms. The molecule has 0 amide bonds. The molecule has 194 valence electrons. The van der Waals surface area contributed by atoms with Crippen molar-refractivity contribution in [3.05, 3.63) is 76.3 Å². The van der Waals surface area contributed by atoms with Crippen LogP contribution >= 0.6 is 11.6 Å². The van der Waals surface area contributed by atoms with Crippen LogP contribution in [-0.4, -0.2) is 44.0 Å². The first-order valence-electron chi connectivity index (χ1n) is 11.8. The molecule has 1 aromatic carbocycles. The van der Waals surface area contributed by atoms with Crippen LogP contribution in [0.4, 0.5) is 19.0 Å². The molecule has 3 aromatic heterocycles. The van der Waals surface area contributed by atoms with Gasteiger partial charge in [0.1, 0.15) is 5.69 Å².